The number of carbonyl (C=O) groups is 15. The van der Waals surface area contributed by atoms with Crippen molar-refractivity contribution in [2.24, 2.45) is 17.4 Å². The molecular formula is C57H90N18O18S5. The van der Waals surface area contributed by atoms with E-state index in [-0.39, 0.29) is 63.1 Å². The van der Waals surface area contributed by atoms with Crippen LogP contribution in [0.25, 0.3) is 0 Å². The summed E-state index contributed by atoms with van der Waals surface area (Å²) in [6, 6.07) is -21.3. The third-order valence-electron chi connectivity index (χ3n) is 16.3. The van der Waals surface area contributed by atoms with Crippen LogP contribution in [0.4, 0.5) is 0 Å². The van der Waals surface area contributed by atoms with Crippen molar-refractivity contribution in [3.05, 3.63) is 18.2 Å². The first-order chi connectivity index (χ1) is 46.7. The molecule has 20 N–H and O–H groups in total. The molecule has 4 aliphatic heterocycles. The monoisotopic (exact) mass is 1470 g/mol. The summed E-state index contributed by atoms with van der Waals surface area (Å²) in [7, 11) is 3.41. The molecule has 41 heteroatoms. The van der Waals surface area contributed by atoms with Crippen LogP contribution in [0.1, 0.15) is 78.3 Å². The van der Waals surface area contributed by atoms with Gasteiger partial charge in [0.15, 0.2) is 0 Å². The normalized spacial score (nSPS) is 29.5. The number of aliphatic hydroxyl groups is 3. The number of nitrogens with one attached hydrogen (secondary N) is 13. The second kappa shape index (κ2) is 40.8. The lowest BCUT2D eigenvalue weighted by atomic mass is 9.97. The number of amides is 15. The largest absolute Gasteiger partial charge is 0.394 e. The number of aromatic amines is 1. The number of hydrogen-bond acceptors (Lipinski definition) is 25. The number of carbonyl (C=O) groups excluding carboxylic acids is 15. The van der Waals surface area contributed by atoms with E-state index in [1.54, 1.807) is 20.1 Å². The van der Waals surface area contributed by atoms with Gasteiger partial charge in [-0.25, -0.2) is 4.98 Å². The summed E-state index contributed by atoms with van der Waals surface area (Å²) in [5.41, 5.74) is 11.8. The third kappa shape index (κ3) is 24.1. The van der Waals surface area contributed by atoms with Crippen LogP contribution in [0.2, 0.25) is 0 Å². The summed E-state index contributed by atoms with van der Waals surface area (Å²) in [6.45, 7) is 2.09. The van der Waals surface area contributed by atoms with Gasteiger partial charge in [0, 0.05) is 54.4 Å². The fourth-order valence-corrected chi connectivity index (χ4v) is 15.6. The summed E-state index contributed by atoms with van der Waals surface area (Å²) in [6.07, 6.45) is 5.60. The molecule has 0 aromatic carbocycles. The van der Waals surface area contributed by atoms with Crippen LogP contribution >= 0.6 is 54.9 Å². The lowest BCUT2D eigenvalue weighted by Crippen LogP contribution is -2.61. The first kappa shape index (κ1) is 81.5. The van der Waals surface area contributed by atoms with Crippen molar-refractivity contribution in [1.29, 1.82) is 0 Å². The molecule has 0 radical (unpaired) electrons. The Balaban J connectivity index is 1.59. The quantitative estimate of drug-likeness (QED) is 0.0608. The number of H-pyrrole nitrogens is 1. The van der Waals surface area contributed by atoms with E-state index in [4.69, 9.17) is 11.5 Å². The molecule has 0 saturated carbocycles. The summed E-state index contributed by atoms with van der Waals surface area (Å²) >= 11 is 1.43. The fourth-order valence-electron chi connectivity index (χ4n) is 10.5. The zero-order valence-electron chi connectivity index (χ0n) is 54.8. The minimum absolute atomic E-state index is 0.00925. The van der Waals surface area contributed by atoms with E-state index < -0.39 is 217 Å². The first-order valence-corrected chi connectivity index (χ1v) is 38.1. The van der Waals surface area contributed by atoms with Crippen LogP contribution in [-0.2, 0) is 78.3 Å². The van der Waals surface area contributed by atoms with Gasteiger partial charge in [-0.05, 0) is 70.3 Å². The number of fused-ring (bicyclic) bond motifs is 10. The number of nitrogens with two attached hydrogens (primary N) is 2. The molecule has 98 heavy (non-hydrogen) atoms. The SMILES string of the molecule is CC[C@H](C)[C@@H]1NC(=O)[C@@H]2CCCN2C(=O)[C@H](CO)NC(=O)[C@H](CCCSC)NC(=O)[C@H](C)NC(=O)[C@H](CO)NC(=O)[C@@H]2CSSC[C@H](NC(=O)CN)C(=O)N[C@@H](CSSC[C@@H](C(N)=O)NC1=O)C(=O)N[C@@H](CO)C(=O)N[C@@H](Cc1cnc[nH]1)C(=O)N1CCC[C@H]1C(=O)N[C@@H](C)C(=O)N2. The summed E-state index contributed by atoms with van der Waals surface area (Å²) in [4.78, 5) is 220. The number of rotatable bonds is 14. The van der Waals surface area contributed by atoms with Crippen LogP contribution < -0.4 is 75.3 Å². The number of primary amides is 1. The highest BCUT2D eigenvalue weighted by Gasteiger charge is 2.43. The summed E-state index contributed by atoms with van der Waals surface area (Å²) in [5.74, 6) is -16.0. The Morgan fingerprint density at radius 1 is 0.602 bits per heavy atom. The van der Waals surface area contributed by atoms with Crippen molar-refractivity contribution in [2.75, 3.05) is 74.5 Å². The number of aliphatic hydroxyl groups excluding tert-OH is 3. The van der Waals surface area contributed by atoms with Crippen molar-refractivity contribution in [2.45, 2.75) is 164 Å². The van der Waals surface area contributed by atoms with Gasteiger partial charge in [0.2, 0.25) is 88.6 Å². The van der Waals surface area contributed by atoms with E-state index in [9.17, 15) is 87.2 Å². The molecule has 0 unspecified atom stereocenters. The zero-order valence-corrected chi connectivity index (χ0v) is 58.8. The lowest BCUT2D eigenvalue weighted by Gasteiger charge is -2.31. The van der Waals surface area contributed by atoms with E-state index in [0.717, 1.165) is 48.1 Å². The average Bonchev–Trinajstić information content (AvgIpc) is 1.61. The van der Waals surface area contributed by atoms with Gasteiger partial charge in [-0.1, -0.05) is 63.4 Å². The molecule has 0 aliphatic carbocycles. The third-order valence-corrected chi connectivity index (χ3v) is 21.9. The van der Waals surface area contributed by atoms with Gasteiger partial charge in [0.05, 0.1) is 32.7 Å². The Hall–Kier alpha value is -7.15. The fraction of sp³-hybridized carbons (Fsp3) is 0.684. The maximum absolute atomic E-state index is 14.6. The minimum atomic E-state index is -1.83. The summed E-state index contributed by atoms with van der Waals surface area (Å²) < 4.78 is 0. The van der Waals surface area contributed by atoms with Crippen molar-refractivity contribution >= 4 is 144 Å². The maximum Gasteiger partial charge on any atom is 0.248 e. The number of nitrogens with zero attached hydrogens (tertiary/aromatic N) is 3. The van der Waals surface area contributed by atoms with Crippen LogP contribution in [0.5, 0.6) is 0 Å². The predicted molar refractivity (Wildman–Crippen MR) is 363 cm³/mol. The van der Waals surface area contributed by atoms with E-state index in [1.165, 1.54) is 43.0 Å². The zero-order chi connectivity index (χ0) is 72.3. The van der Waals surface area contributed by atoms with Gasteiger partial charge in [-0.2, -0.15) is 11.8 Å². The molecule has 15 amide bonds. The Labute approximate surface area is 585 Å². The highest BCUT2D eigenvalue weighted by atomic mass is 33.1. The molecule has 1 aromatic heterocycles. The molecule has 4 fully saturated rings. The minimum Gasteiger partial charge on any atom is -0.394 e. The standard InChI is InChI=1S/C57H90N18O18S5/c1-6-27(2)43-55(91)70-36(44(59)80)22-95-97-25-39-52(88)68-34(20-77)49(85)66-32(16-30-18-60-26-61-30)56(92)74-13-7-11-40(74)53(89)63-29(4)46(82)71-38(24-98-96-23-37(50(86)72-39)64-42(79)17-58)51(87)67-33(19-76)48(84)62-28(3)45(81)65-31(10-9-15-94-5)47(83)69-35(21-78)57(93)75-14-8-12-41(75)54(90)73-43/h18,26-29,31-41,43,76-78H,6-17,19-25,58H2,1-5H3,(H2,59,80)(H,60,61)(H,62,84)(H,63,89)(H,64,79)(H,65,81)(H,66,85)(H,67,87)(H,68,88)(H,69,83)(H,70,91)(H,71,82)(H,72,86)(H,73,90)/t27-,28-,29-,31-,32-,33-,34-,35-,36-,37-,38-,39-,40-,41-,43-/m0/s1. The maximum atomic E-state index is 14.6. The van der Waals surface area contributed by atoms with Crippen molar-refractivity contribution in [1.82, 2.24) is 83.6 Å². The van der Waals surface area contributed by atoms with E-state index in [0.29, 0.717) is 24.3 Å². The van der Waals surface area contributed by atoms with E-state index in [2.05, 4.69) is 73.8 Å². The van der Waals surface area contributed by atoms with Crippen LogP contribution in [0.3, 0.4) is 0 Å². The van der Waals surface area contributed by atoms with Gasteiger partial charge in [0.1, 0.15) is 84.6 Å². The molecule has 0 spiro atoms. The molecule has 4 saturated heterocycles. The Morgan fingerprint density at radius 3 is 1.61 bits per heavy atom. The molecule has 4 aliphatic rings. The van der Waals surface area contributed by atoms with E-state index >= 15 is 0 Å². The van der Waals surface area contributed by atoms with Gasteiger partial charge >= 0.3 is 0 Å². The number of thioether (sulfide) groups is 1. The van der Waals surface area contributed by atoms with Gasteiger partial charge in [-0.15, -0.1) is 0 Å². The van der Waals surface area contributed by atoms with Crippen LogP contribution in [0.15, 0.2) is 12.5 Å². The summed E-state index contributed by atoms with van der Waals surface area (Å²) in [5, 5.41) is 61.7. The second-order valence-electron chi connectivity index (χ2n) is 23.5. The smallest absolute Gasteiger partial charge is 0.248 e. The number of aromatic nitrogens is 2. The molecule has 36 nitrogen and oxygen atoms in total. The molecule has 5 heterocycles. The average molecular weight is 1480 g/mol. The molecule has 1 aromatic rings. The predicted octanol–water partition coefficient (Wildman–Crippen LogP) is -7.81. The molecule has 546 valence electrons. The number of imidazole rings is 1. The van der Waals surface area contributed by atoms with Crippen LogP contribution in [-0.4, -0.2) is 283 Å². The van der Waals surface area contributed by atoms with Crippen molar-refractivity contribution in [3.63, 3.8) is 0 Å². The first-order valence-electron chi connectivity index (χ1n) is 31.7. The van der Waals surface area contributed by atoms with Gasteiger partial charge in [0.25, 0.3) is 0 Å². The molecular weight excluding hydrogens is 1390 g/mol. The highest BCUT2D eigenvalue weighted by Crippen LogP contribution is 2.27. The van der Waals surface area contributed by atoms with Crippen molar-refractivity contribution in [3.8, 4) is 0 Å². The molecule has 5 rings (SSSR count). The Morgan fingerprint density at radius 2 is 1.08 bits per heavy atom. The van der Waals surface area contributed by atoms with Crippen molar-refractivity contribution < 1.29 is 87.2 Å². The van der Waals surface area contributed by atoms with Crippen LogP contribution in [0, 0.1) is 5.92 Å². The van der Waals surface area contributed by atoms with Gasteiger partial charge in [-0.3, -0.25) is 71.9 Å². The van der Waals surface area contributed by atoms with E-state index in [1.807, 2.05) is 0 Å². The number of hydrogen-bond donors (Lipinski definition) is 18. The Kier molecular flexibility index (Phi) is 33.9. The lowest BCUT2D eigenvalue weighted by molar-refractivity contribution is -0.143. The topological polar surface area (TPSA) is 548 Å². The molecule has 15 atom stereocenters. The highest BCUT2D eigenvalue weighted by molar-refractivity contribution is 8.77. The Bertz CT molecular complexity index is 3000. The second-order valence-corrected chi connectivity index (χ2v) is 29.6. The van der Waals surface area contributed by atoms with Gasteiger partial charge < -0.3 is 105 Å². The molecule has 2 bridgehead atoms.